The molecule has 6 rings (SSSR count). The third-order valence-electron chi connectivity index (χ3n) is 7.92. The Kier molecular flexibility index (Phi) is 6.56. The molecule has 0 spiro atoms. The molecule has 4 aliphatic carbocycles. The van der Waals surface area contributed by atoms with E-state index in [1.54, 1.807) is 24.3 Å². The summed E-state index contributed by atoms with van der Waals surface area (Å²) in [5, 5.41) is 9.10. The van der Waals surface area contributed by atoms with Gasteiger partial charge in [-0.15, -0.1) is 0 Å². The Morgan fingerprint density at radius 2 is 1.51 bits per heavy atom. The molecule has 0 amide bonds. The average Bonchev–Trinajstić information content (AvgIpc) is 2.82. The lowest BCUT2D eigenvalue weighted by Crippen LogP contribution is -2.48. The number of carbonyl (C=O) groups is 2. The first-order valence-electron chi connectivity index (χ1n) is 12.7. The summed E-state index contributed by atoms with van der Waals surface area (Å²) in [7, 11) is 0. The Bertz CT molecular complexity index is 1130. The van der Waals surface area contributed by atoms with Crippen LogP contribution in [-0.2, 0) is 14.9 Å². The van der Waals surface area contributed by atoms with Crippen molar-refractivity contribution >= 4 is 11.9 Å². The van der Waals surface area contributed by atoms with E-state index in [2.05, 4.69) is 24.0 Å². The molecule has 182 valence electrons. The standard InChI is InChI=1S/C30H32O5/c1-20(31)34-11-2-12-35-28-10-7-22(4-3-21-5-8-26(9-6-21)29(32)33)16-27(28)30-17-23-13-24(18-30)15-25(14-23)19-30/h5-10,16,23-25H,2,11-15,17-19H2,1H3,(H,32,33). The van der Waals surface area contributed by atoms with E-state index in [1.807, 2.05) is 6.07 Å². The normalized spacial score (nSPS) is 26.0. The highest BCUT2D eigenvalue weighted by atomic mass is 16.5. The van der Waals surface area contributed by atoms with Crippen LogP contribution in [0.15, 0.2) is 42.5 Å². The van der Waals surface area contributed by atoms with Gasteiger partial charge >= 0.3 is 11.9 Å². The van der Waals surface area contributed by atoms with Gasteiger partial charge in [0.2, 0.25) is 0 Å². The third-order valence-corrected chi connectivity index (χ3v) is 7.92. The fraction of sp³-hybridized carbons (Fsp3) is 0.467. The Morgan fingerprint density at radius 1 is 0.914 bits per heavy atom. The molecule has 0 aliphatic heterocycles. The van der Waals surface area contributed by atoms with Crippen LogP contribution in [0, 0.1) is 29.6 Å². The van der Waals surface area contributed by atoms with Gasteiger partial charge in [0, 0.05) is 30.0 Å². The second kappa shape index (κ2) is 9.77. The van der Waals surface area contributed by atoms with E-state index in [-0.39, 0.29) is 16.9 Å². The van der Waals surface area contributed by atoms with Crippen LogP contribution in [0.1, 0.15) is 78.9 Å². The van der Waals surface area contributed by atoms with Crippen LogP contribution in [-0.4, -0.2) is 30.3 Å². The van der Waals surface area contributed by atoms with Crippen LogP contribution in [0.3, 0.4) is 0 Å². The molecule has 2 aromatic carbocycles. The van der Waals surface area contributed by atoms with Crippen molar-refractivity contribution < 1.29 is 24.2 Å². The molecule has 0 unspecified atom stereocenters. The van der Waals surface area contributed by atoms with Crippen LogP contribution in [0.2, 0.25) is 0 Å². The molecule has 0 saturated heterocycles. The SMILES string of the molecule is CC(=O)OCCCOc1ccc(C#Cc2ccc(C(=O)O)cc2)cc1C12CC3CC(CC(C3)C1)C2. The maximum atomic E-state index is 11.1. The maximum Gasteiger partial charge on any atom is 0.335 e. The minimum Gasteiger partial charge on any atom is -0.493 e. The number of hydrogen-bond donors (Lipinski definition) is 1. The van der Waals surface area contributed by atoms with Crippen LogP contribution in [0.25, 0.3) is 0 Å². The van der Waals surface area contributed by atoms with Gasteiger partial charge in [-0.3, -0.25) is 4.79 Å². The predicted octanol–water partition coefficient (Wildman–Crippen LogP) is 5.58. The number of rotatable bonds is 7. The fourth-order valence-electron chi connectivity index (χ4n) is 6.89. The number of carboxylic acids is 1. The van der Waals surface area contributed by atoms with Crippen molar-refractivity contribution in [3.63, 3.8) is 0 Å². The molecule has 0 radical (unpaired) electrons. The third kappa shape index (κ3) is 5.22. The summed E-state index contributed by atoms with van der Waals surface area (Å²) in [6.07, 6.45) is 8.49. The largest absolute Gasteiger partial charge is 0.493 e. The lowest BCUT2D eigenvalue weighted by molar-refractivity contribution is -0.141. The van der Waals surface area contributed by atoms with E-state index in [1.165, 1.54) is 51.0 Å². The Labute approximate surface area is 206 Å². The van der Waals surface area contributed by atoms with Crippen molar-refractivity contribution in [1.82, 2.24) is 0 Å². The summed E-state index contributed by atoms with van der Waals surface area (Å²) in [5.41, 5.74) is 3.45. The average molecular weight is 473 g/mol. The summed E-state index contributed by atoms with van der Waals surface area (Å²) in [6.45, 7) is 2.30. The summed E-state index contributed by atoms with van der Waals surface area (Å²) >= 11 is 0. The van der Waals surface area contributed by atoms with E-state index >= 15 is 0 Å². The molecule has 0 atom stereocenters. The summed E-state index contributed by atoms with van der Waals surface area (Å²) < 4.78 is 11.3. The van der Waals surface area contributed by atoms with Gasteiger partial charge in [0.15, 0.2) is 0 Å². The number of esters is 1. The quantitative estimate of drug-likeness (QED) is 0.323. The zero-order chi connectivity index (χ0) is 24.4. The second-order valence-electron chi connectivity index (χ2n) is 10.6. The van der Waals surface area contributed by atoms with Gasteiger partial charge in [-0.25, -0.2) is 4.79 Å². The van der Waals surface area contributed by atoms with Gasteiger partial charge in [-0.2, -0.15) is 0 Å². The lowest BCUT2D eigenvalue weighted by atomic mass is 9.48. The summed E-state index contributed by atoms with van der Waals surface area (Å²) in [6, 6.07) is 12.9. The number of carbonyl (C=O) groups excluding carboxylic acids is 1. The molecule has 5 heteroatoms. The lowest BCUT2D eigenvalue weighted by Gasteiger charge is -2.57. The number of hydrogen-bond acceptors (Lipinski definition) is 4. The maximum absolute atomic E-state index is 11.1. The van der Waals surface area contributed by atoms with E-state index in [9.17, 15) is 9.59 Å². The van der Waals surface area contributed by atoms with Crippen molar-refractivity contribution in [3.8, 4) is 17.6 Å². The van der Waals surface area contributed by atoms with Crippen LogP contribution >= 0.6 is 0 Å². The summed E-state index contributed by atoms with van der Waals surface area (Å²) in [5.74, 6) is 8.67. The zero-order valence-corrected chi connectivity index (χ0v) is 20.2. The minimum absolute atomic E-state index is 0.167. The van der Waals surface area contributed by atoms with Gasteiger partial charge in [-0.1, -0.05) is 11.8 Å². The van der Waals surface area contributed by atoms with E-state index in [0.29, 0.717) is 19.6 Å². The molecule has 2 aromatic rings. The van der Waals surface area contributed by atoms with Crippen LogP contribution in [0.5, 0.6) is 5.75 Å². The molecular formula is C30H32O5. The van der Waals surface area contributed by atoms with Crippen LogP contribution in [0.4, 0.5) is 0 Å². The summed E-state index contributed by atoms with van der Waals surface area (Å²) in [4.78, 5) is 22.1. The molecule has 5 nitrogen and oxygen atoms in total. The van der Waals surface area contributed by atoms with Gasteiger partial charge in [0.25, 0.3) is 0 Å². The number of ether oxygens (including phenoxy) is 2. The van der Waals surface area contributed by atoms with E-state index in [0.717, 1.165) is 34.6 Å². The number of aromatic carboxylic acids is 1. The zero-order valence-electron chi connectivity index (χ0n) is 20.2. The number of benzene rings is 2. The first-order valence-corrected chi connectivity index (χ1v) is 12.7. The highest BCUT2D eigenvalue weighted by molar-refractivity contribution is 5.87. The van der Waals surface area contributed by atoms with Crippen molar-refractivity contribution in [2.75, 3.05) is 13.2 Å². The van der Waals surface area contributed by atoms with Gasteiger partial charge < -0.3 is 14.6 Å². The van der Waals surface area contributed by atoms with Gasteiger partial charge in [0.05, 0.1) is 18.8 Å². The first kappa shape index (κ1) is 23.5. The smallest absolute Gasteiger partial charge is 0.335 e. The Morgan fingerprint density at radius 3 is 2.11 bits per heavy atom. The molecule has 0 aromatic heterocycles. The van der Waals surface area contributed by atoms with Crippen molar-refractivity contribution in [2.45, 2.75) is 57.3 Å². The highest BCUT2D eigenvalue weighted by Gasteiger charge is 2.52. The highest BCUT2D eigenvalue weighted by Crippen LogP contribution is 2.61. The molecule has 4 saturated carbocycles. The van der Waals surface area contributed by atoms with Gasteiger partial charge in [0.1, 0.15) is 5.75 Å². The van der Waals surface area contributed by atoms with E-state index in [4.69, 9.17) is 14.6 Å². The van der Waals surface area contributed by atoms with Crippen molar-refractivity contribution in [3.05, 3.63) is 64.7 Å². The Hall–Kier alpha value is -3.26. The monoisotopic (exact) mass is 472 g/mol. The Balaban J connectivity index is 1.40. The van der Waals surface area contributed by atoms with Crippen molar-refractivity contribution in [2.24, 2.45) is 17.8 Å². The van der Waals surface area contributed by atoms with Crippen molar-refractivity contribution in [1.29, 1.82) is 0 Å². The molecular weight excluding hydrogens is 440 g/mol. The van der Waals surface area contributed by atoms with E-state index < -0.39 is 5.97 Å². The molecule has 35 heavy (non-hydrogen) atoms. The first-order chi connectivity index (χ1) is 16.9. The van der Waals surface area contributed by atoms with Gasteiger partial charge in [-0.05, 0) is 104 Å². The molecule has 4 fully saturated rings. The fourth-order valence-corrected chi connectivity index (χ4v) is 6.89. The molecule has 1 N–H and O–H groups in total. The molecule has 4 aliphatic rings. The van der Waals surface area contributed by atoms with Crippen LogP contribution < -0.4 is 4.74 Å². The predicted molar refractivity (Wildman–Crippen MR) is 132 cm³/mol. The molecule has 0 heterocycles. The topological polar surface area (TPSA) is 72.8 Å². The minimum atomic E-state index is -0.937. The number of carboxylic acid groups (broad SMARTS) is 1. The molecule has 4 bridgehead atoms. The second-order valence-corrected chi connectivity index (χ2v) is 10.6.